The Morgan fingerprint density at radius 1 is 1.35 bits per heavy atom. The van der Waals surface area contributed by atoms with Gasteiger partial charge < -0.3 is 15.0 Å². The molecule has 2 aromatic heterocycles. The number of aromatic nitrogens is 3. The quantitative estimate of drug-likeness (QED) is 0.602. The van der Waals surface area contributed by atoms with E-state index in [9.17, 15) is 10.1 Å². The Hall–Kier alpha value is -3.44. The number of benzene rings is 1. The van der Waals surface area contributed by atoms with Crippen LogP contribution in [0.25, 0.3) is 5.65 Å². The number of aryl methyl sites for hydroxylation is 2. The van der Waals surface area contributed by atoms with Crippen LogP contribution >= 0.6 is 0 Å². The van der Waals surface area contributed by atoms with Gasteiger partial charge >= 0.3 is 0 Å². The fraction of sp³-hybridized carbons (Fsp3) is 0.391. The number of nitrogens with one attached hydrogen (secondary N) is 1. The number of methoxy groups -OCH3 is 1. The zero-order valence-electron chi connectivity index (χ0n) is 18.6. The standard InChI is InChI=1S/C23H28N6O2/c1-15-20(16(2)29-23(27-15)18(12-24)13-26-29)9-10-22(30)25-14-21(28(3)4)17-7-6-8-19(11-17)31-5/h6-8,11,13,21H,9-10,14H2,1-5H3,(H,25,30). The molecule has 3 rings (SSSR count). The topological polar surface area (TPSA) is 95.5 Å². The van der Waals surface area contributed by atoms with Gasteiger partial charge in [0.25, 0.3) is 0 Å². The highest BCUT2D eigenvalue weighted by atomic mass is 16.5. The van der Waals surface area contributed by atoms with E-state index in [2.05, 4.69) is 26.4 Å². The van der Waals surface area contributed by atoms with E-state index >= 15 is 0 Å². The Kier molecular flexibility index (Phi) is 6.88. The summed E-state index contributed by atoms with van der Waals surface area (Å²) in [6.45, 7) is 4.34. The molecule has 8 heteroatoms. The van der Waals surface area contributed by atoms with Gasteiger partial charge in [0.15, 0.2) is 5.65 Å². The second-order valence-corrected chi connectivity index (χ2v) is 7.73. The first kappa shape index (κ1) is 22.2. The van der Waals surface area contributed by atoms with E-state index in [4.69, 9.17) is 4.74 Å². The van der Waals surface area contributed by atoms with Gasteiger partial charge in [-0.15, -0.1) is 0 Å². The van der Waals surface area contributed by atoms with E-state index in [1.807, 2.05) is 52.2 Å². The largest absolute Gasteiger partial charge is 0.497 e. The second-order valence-electron chi connectivity index (χ2n) is 7.73. The van der Waals surface area contributed by atoms with Crippen molar-refractivity contribution in [2.45, 2.75) is 32.7 Å². The highest BCUT2D eigenvalue weighted by Crippen LogP contribution is 2.22. The number of hydrogen-bond acceptors (Lipinski definition) is 6. The summed E-state index contributed by atoms with van der Waals surface area (Å²) in [5.74, 6) is 0.773. The van der Waals surface area contributed by atoms with Gasteiger partial charge in [0.05, 0.1) is 19.3 Å². The minimum absolute atomic E-state index is 0.0215. The summed E-state index contributed by atoms with van der Waals surface area (Å²) < 4.78 is 6.99. The van der Waals surface area contributed by atoms with Crippen LogP contribution in [0.5, 0.6) is 5.75 Å². The van der Waals surface area contributed by atoms with Crippen LogP contribution < -0.4 is 10.1 Å². The number of amides is 1. The van der Waals surface area contributed by atoms with Gasteiger partial charge in [0.1, 0.15) is 17.4 Å². The van der Waals surface area contributed by atoms with Crippen LogP contribution in [-0.2, 0) is 11.2 Å². The van der Waals surface area contributed by atoms with Crippen LogP contribution in [-0.4, -0.2) is 53.2 Å². The summed E-state index contributed by atoms with van der Waals surface area (Å²) in [6.07, 6.45) is 2.42. The minimum Gasteiger partial charge on any atom is -0.497 e. The maximum atomic E-state index is 12.6. The lowest BCUT2D eigenvalue weighted by atomic mass is 10.0. The normalized spacial score (nSPS) is 12.0. The van der Waals surface area contributed by atoms with Gasteiger partial charge in [-0.1, -0.05) is 12.1 Å². The average Bonchev–Trinajstić information content (AvgIpc) is 3.16. The van der Waals surface area contributed by atoms with E-state index in [0.29, 0.717) is 30.6 Å². The fourth-order valence-electron chi connectivity index (χ4n) is 3.74. The number of likely N-dealkylation sites (N-methyl/N-ethyl adjacent to an activating group) is 1. The number of rotatable bonds is 8. The monoisotopic (exact) mass is 420 g/mol. The Balaban J connectivity index is 1.66. The molecule has 3 aromatic rings. The third-order valence-corrected chi connectivity index (χ3v) is 5.53. The van der Waals surface area contributed by atoms with Gasteiger partial charge in [-0.2, -0.15) is 10.4 Å². The van der Waals surface area contributed by atoms with Crippen LogP contribution in [0.2, 0.25) is 0 Å². The SMILES string of the molecule is COc1cccc(C(CNC(=O)CCc2c(C)nc3c(C#N)cnn3c2C)N(C)C)c1. The molecule has 0 aliphatic heterocycles. The highest BCUT2D eigenvalue weighted by Gasteiger charge is 2.18. The Bertz CT molecular complexity index is 1130. The van der Waals surface area contributed by atoms with Crippen molar-refractivity contribution in [3.05, 3.63) is 58.5 Å². The first-order valence-electron chi connectivity index (χ1n) is 10.2. The number of carbonyl (C=O) groups is 1. The van der Waals surface area contributed by atoms with Crippen molar-refractivity contribution >= 4 is 11.6 Å². The van der Waals surface area contributed by atoms with Crippen LogP contribution in [0, 0.1) is 25.2 Å². The second kappa shape index (κ2) is 9.58. The van der Waals surface area contributed by atoms with E-state index in [-0.39, 0.29) is 11.9 Å². The molecule has 0 saturated carbocycles. The van der Waals surface area contributed by atoms with Gasteiger partial charge in [-0.05, 0) is 57.6 Å². The van der Waals surface area contributed by atoms with Crippen molar-refractivity contribution in [1.29, 1.82) is 5.26 Å². The van der Waals surface area contributed by atoms with Crippen LogP contribution in [0.3, 0.4) is 0 Å². The summed E-state index contributed by atoms with van der Waals surface area (Å²) in [4.78, 5) is 19.2. The highest BCUT2D eigenvalue weighted by molar-refractivity contribution is 5.76. The van der Waals surface area contributed by atoms with Crippen molar-refractivity contribution in [2.75, 3.05) is 27.7 Å². The Morgan fingerprint density at radius 3 is 2.81 bits per heavy atom. The Labute approximate surface area is 182 Å². The summed E-state index contributed by atoms with van der Waals surface area (Å²) in [7, 11) is 5.62. The van der Waals surface area contributed by atoms with Crippen LogP contribution in [0.15, 0.2) is 30.5 Å². The first-order chi connectivity index (χ1) is 14.8. The summed E-state index contributed by atoms with van der Waals surface area (Å²) in [5.41, 5.74) is 4.78. The zero-order chi connectivity index (χ0) is 22.5. The van der Waals surface area contributed by atoms with E-state index in [1.54, 1.807) is 11.6 Å². The zero-order valence-corrected chi connectivity index (χ0v) is 18.6. The molecule has 1 N–H and O–H groups in total. The molecule has 1 unspecified atom stereocenters. The first-order valence-corrected chi connectivity index (χ1v) is 10.2. The average molecular weight is 421 g/mol. The lowest BCUT2D eigenvalue weighted by molar-refractivity contribution is -0.121. The van der Waals surface area contributed by atoms with Crippen LogP contribution in [0.1, 0.15) is 40.5 Å². The predicted molar refractivity (Wildman–Crippen MR) is 118 cm³/mol. The van der Waals surface area contributed by atoms with Gasteiger partial charge in [-0.3, -0.25) is 4.79 Å². The number of hydrogen-bond donors (Lipinski definition) is 1. The summed E-state index contributed by atoms with van der Waals surface area (Å²) in [6, 6.07) is 10.0. The molecule has 162 valence electrons. The minimum atomic E-state index is -0.0215. The van der Waals surface area contributed by atoms with E-state index in [1.165, 1.54) is 6.20 Å². The molecule has 31 heavy (non-hydrogen) atoms. The van der Waals surface area contributed by atoms with Crippen LogP contribution in [0.4, 0.5) is 0 Å². The molecule has 0 radical (unpaired) electrons. The smallest absolute Gasteiger partial charge is 0.220 e. The number of carbonyl (C=O) groups excluding carboxylic acids is 1. The summed E-state index contributed by atoms with van der Waals surface area (Å²) in [5, 5.41) is 16.5. The van der Waals surface area contributed by atoms with Crippen molar-refractivity contribution in [2.24, 2.45) is 0 Å². The molecule has 0 fully saturated rings. The molecule has 0 aliphatic rings. The lowest BCUT2D eigenvalue weighted by Gasteiger charge is -2.25. The van der Waals surface area contributed by atoms with Gasteiger partial charge in [0.2, 0.25) is 5.91 Å². The third-order valence-electron chi connectivity index (χ3n) is 5.53. The lowest BCUT2D eigenvalue weighted by Crippen LogP contribution is -2.34. The van der Waals surface area contributed by atoms with Gasteiger partial charge in [-0.25, -0.2) is 9.50 Å². The molecule has 0 saturated heterocycles. The summed E-state index contributed by atoms with van der Waals surface area (Å²) >= 11 is 0. The maximum absolute atomic E-state index is 12.6. The predicted octanol–water partition coefficient (Wildman–Crippen LogP) is 2.58. The number of ether oxygens (including phenoxy) is 1. The molecular formula is C23H28N6O2. The van der Waals surface area contributed by atoms with Gasteiger partial charge in [0, 0.05) is 24.4 Å². The van der Waals surface area contributed by atoms with E-state index in [0.717, 1.165) is 28.3 Å². The molecule has 2 heterocycles. The van der Waals surface area contributed by atoms with Crippen molar-refractivity contribution in [1.82, 2.24) is 24.8 Å². The number of fused-ring (bicyclic) bond motifs is 1. The van der Waals surface area contributed by atoms with Crippen molar-refractivity contribution < 1.29 is 9.53 Å². The number of nitrogens with zero attached hydrogens (tertiary/aromatic N) is 5. The van der Waals surface area contributed by atoms with E-state index < -0.39 is 0 Å². The third kappa shape index (κ3) is 4.84. The molecule has 0 bridgehead atoms. The molecule has 1 aromatic carbocycles. The maximum Gasteiger partial charge on any atom is 0.220 e. The molecule has 0 spiro atoms. The molecule has 0 aliphatic carbocycles. The van der Waals surface area contributed by atoms with Crippen molar-refractivity contribution in [3.63, 3.8) is 0 Å². The Morgan fingerprint density at radius 2 is 2.13 bits per heavy atom. The molecule has 1 amide bonds. The molecule has 8 nitrogen and oxygen atoms in total. The van der Waals surface area contributed by atoms with Crippen molar-refractivity contribution in [3.8, 4) is 11.8 Å². The molecular weight excluding hydrogens is 392 g/mol. The fourth-order valence-corrected chi connectivity index (χ4v) is 3.74. The molecule has 1 atom stereocenters. The number of nitriles is 1.